The third-order valence-corrected chi connectivity index (χ3v) is 4.09. The van der Waals surface area contributed by atoms with Crippen molar-refractivity contribution in [1.29, 1.82) is 0 Å². The highest BCUT2D eigenvalue weighted by atomic mass is 15.0. The Labute approximate surface area is 101 Å². The minimum Gasteiger partial charge on any atom is -0.329 e. The van der Waals surface area contributed by atoms with Gasteiger partial charge >= 0.3 is 0 Å². The van der Waals surface area contributed by atoms with Gasteiger partial charge in [-0.3, -0.25) is 0 Å². The summed E-state index contributed by atoms with van der Waals surface area (Å²) < 4.78 is 0. The average molecular weight is 224 g/mol. The quantitative estimate of drug-likeness (QED) is 0.705. The molecule has 0 aromatic heterocycles. The predicted octanol–water partition coefficient (Wildman–Crippen LogP) is 2.70. The minimum atomic E-state index is 0.185. The molecular weight excluding hydrogens is 196 g/mol. The van der Waals surface area contributed by atoms with Crippen LogP contribution in [-0.2, 0) is 0 Å². The zero-order valence-electron chi connectivity index (χ0n) is 11.2. The van der Waals surface area contributed by atoms with Gasteiger partial charge in [0, 0.05) is 18.6 Å². The highest BCUT2D eigenvalue weighted by Gasteiger charge is 2.34. The number of hydrogen-bond donors (Lipinski definition) is 2. The summed E-state index contributed by atoms with van der Waals surface area (Å²) in [6, 6.07) is 0. The maximum atomic E-state index is 5.95. The van der Waals surface area contributed by atoms with Crippen LogP contribution in [0.3, 0.4) is 0 Å². The molecule has 0 saturated heterocycles. The molecule has 2 nitrogen and oxygen atoms in total. The van der Waals surface area contributed by atoms with Crippen LogP contribution >= 0.6 is 0 Å². The smallest absolute Gasteiger partial charge is 0.0307 e. The van der Waals surface area contributed by atoms with Crippen molar-refractivity contribution in [3.63, 3.8) is 0 Å². The fourth-order valence-corrected chi connectivity index (χ4v) is 2.65. The van der Waals surface area contributed by atoms with E-state index in [9.17, 15) is 0 Å². The molecule has 1 aliphatic rings. The lowest BCUT2D eigenvalue weighted by Gasteiger charge is -2.41. The maximum Gasteiger partial charge on any atom is 0.0307 e. The Morgan fingerprint density at radius 2 is 2.00 bits per heavy atom. The van der Waals surface area contributed by atoms with E-state index in [1.54, 1.807) is 0 Å². The van der Waals surface area contributed by atoms with Crippen LogP contribution in [0, 0.1) is 11.8 Å². The Kier molecular flexibility index (Phi) is 5.00. The summed E-state index contributed by atoms with van der Waals surface area (Å²) in [6.07, 6.45) is 5.08. The molecule has 2 heteroatoms. The molecule has 0 radical (unpaired) electrons. The third-order valence-electron chi connectivity index (χ3n) is 4.09. The molecule has 16 heavy (non-hydrogen) atoms. The monoisotopic (exact) mass is 224 g/mol. The molecule has 1 aliphatic carbocycles. The lowest BCUT2D eigenvalue weighted by molar-refractivity contribution is 0.169. The maximum absolute atomic E-state index is 5.95. The van der Waals surface area contributed by atoms with Crippen molar-refractivity contribution in [2.75, 3.05) is 13.1 Å². The molecule has 0 amide bonds. The van der Waals surface area contributed by atoms with Crippen molar-refractivity contribution in [2.24, 2.45) is 17.6 Å². The van der Waals surface area contributed by atoms with E-state index in [1.165, 1.54) is 31.3 Å². The normalized spacial score (nSPS) is 30.7. The van der Waals surface area contributed by atoms with Crippen LogP contribution < -0.4 is 11.1 Å². The second kappa shape index (κ2) is 5.83. The number of nitrogens with two attached hydrogens (primary N) is 1. The van der Waals surface area contributed by atoms with Crippen molar-refractivity contribution >= 4 is 0 Å². The molecule has 1 saturated carbocycles. The summed E-state index contributed by atoms with van der Waals surface area (Å²) in [6.45, 7) is 12.3. The molecular formula is C14H28N2. The number of rotatable bonds is 5. The van der Waals surface area contributed by atoms with Crippen LogP contribution in [0.15, 0.2) is 12.2 Å². The molecule has 1 fully saturated rings. The van der Waals surface area contributed by atoms with Crippen molar-refractivity contribution in [3.05, 3.63) is 12.2 Å². The average Bonchev–Trinajstić information content (AvgIpc) is 2.27. The van der Waals surface area contributed by atoms with Gasteiger partial charge in [-0.15, -0.1) is 0 Å². The van der Waals surface area contributed by atoms with Gasteiger partial charge in [-0.25, -0.2) is 0 Å². The fourth-order valence-electron chi connectivity index (χ4n) is 2.65. The molecule has 0 spiro atoms. The van der Waals surface area contributed by atoms with Gasteiger partial charge in [-0.05, 0) is 44.4 Å². The standard InChI is InChI=1S/C14H28N2/c1-11(2)9-16-14(10-15)7-5-13(6-8-14)12(3)4/h12-13,16H,1,5-10,15H2,2-4H3. The summed E-state index contributed by atoms with van der Waals surface area (Å²) >= 11 is 0. The highest BCUT2D eigenvalue weighted by molar-refractivity contribution is 4.99. The van der Waals surface area contributed by atoms with Crippen LogP contribution in [0.1, 0.15) is 46.5 Å². The van der Waals surface area contributed by atoms with E-state index in [2.05, 4.69) is 32.7 Å². The van der Waals surface area contributed by atoms with Crippen molar-refractivity contribution in [1.82, 2.24) is 5.32 Å². The first-order valence-corrected chi connectivity index (χ1v) is 6.58. The third kappa shape index (κ3) is 3.60. The summed E-state index contributed by atoms with van der Waals surface area (Å²) in [7, 11) is 0. The Bertz CT molecular complexity index is 225. The minimum absolute atomic E-state index is 0.185. The Morgan fingerprint density at radius 3 is 2.38 bits per heavy atom. The van der Waals surface area contributed by atoms with E-state index in [0.717, 1.165) is 24.9 Å². The van der Waals surface area contributed by atoms with E-state index in [0.29, 0.717) is 0 Å². The summed E-state index contributed by atoms with van der Waals surface area (Å²) in [5, 5.41) is 3.62. The SMILES string of the molecule is C=C(C)CNC1(CN)CCC(C(C)C)CC1. The van der Waals surface area contributed by atoms with Crippen molar-refractivity contribution < 1.29 is 0 Å². The molecule has 0 aromatic carbocycles. The molecule has 0 atom stereocenters. The van der Waals surface area contributed by atoms with E-state index in [1.807, 2.05) is 0 Å². The van der Waals surface area contributed by atoms with Crippen LogP contribution in [0.4, 0.5) is 0 Å². The first-order chi connectivity index (χ1) is 7.49. The second-order valence-electron chi connectivity index (χ2n) is 5.88. The van der Waals surface area contributed by atoms with E-state index < -0.39 is 0 Å². The Balaban J connectivity index is 2.48. The lowest BCUT2D eigenvalue weighted by Crippen LogP contribution is -2.54. The van der Waals surface area contributed by atoms with Gasteiger partial charge in [0.25, 0.3) is 0 Å². The fraction of sp³-hybridized carbons (Fsp3) is 0.857. The number of hydrogen-bond acceptors (Lipinski definition) is 2. The molecule has 0 aliphatic heterocycles. The molecule has 0 unspecified atom stereocenters. The topological polar surface area (TPSA) is 38.0 Å². The van der Waals surface area contributed by atoms with Gasteiger partial charge in [0.2, 0.25) is 0 Å². The van der Waals surface area contributed by atoms with Gasteiger partial charge < -0.3 is 11.1 Å². The van der Waals surface area contributed by atoms with Gasteiger partial charge in [-0.1, -0.05) is 26.0 Å². The summed E-state index contributed by atoms with van der Waals surface area (Å²) in [4.78, 5) is 0. The van der Waals surface area contributed by atoms with E-state index in [-0.39, 0.29) is 5.54 Å². The first kappa shape index (κ1) is 13.7. The zero-order valence-corrected chi connectivity index (χ0v) is 11.2. The highest BCUT2D eigenvalue weighted by Crippen LogP contribution is 2.35. The van der Waals surface area contributed by atoms with Gasteiger partial charge in [0.05, 0.1) is 0 Å². The molecule has 0 heterocycles. The van der Waals surface area contributed by atoms with Crippen LogP contribution in [0.25, 0.3) is 0 Å². The van der Waals surface area contributed by atoms with Crippen molar-refractivity contribution in [3.8, 4) is 0 Å². The number of nitrogens with one attached hydrogen (secondary N) is 1. The van der Waals surface area contributed by atoms with Gasteiger partial charge in [0.1, 0.15) is 0 Å². The van der Waals surface area contributed by atoms with Gasteiger partial charge in [-0.2, -0.15) is 0 Å². The van der Waals surface area contributed by atoms with Crippen LogP contribution in [-0.4, -0.2) is 18.6 Å². The molecule has 94 valence electrons. The lowest BCUT2D eigenvalue weighted by atomic mass is 9.73. The Morgan fingerprint density at radius 1 is 1.44 bits per heavy atom. The summed E-state index contributed by atoms with van der Waals surface area (Å²) in [5.41, 5.74) is 7.33. The molecule has 0 aromatic rings. The molecule has 1 rings (SSSR count). The first-order valence-electron chi connectivity index (χ1n) is 6.58. The largest absolute Gasteiger partial charge is 0.329 e. The Hall–Kier alpha value is -0.340. The van der Waals surface area contributed by atoms with E-state index >= 15 is 0 Å². The zero-order chi connectivity index (χ0) is 12.2. The van der Waals surface area contributed by atoms with Crippen LogP contribution in [0.2, 0.25) is 0 Å². The van der Waals surface area contributed by atoms with Crippen molar-refractivity contribution in [2.45, 2.75) is 52.0 Å². The van der Waals surface area contributed by atoms with Crippen LogP contribution in [0.5, 0.6) is 0 Å². The molecule has 3 N–H and O–H groups in total. The van der Waals surface area contributed by atoms with E-state index in [4.69, 9.17) is 5.73 Å². The summed E-state index contributed by atoms with van der Waals surface area (Å²) in [5.74, 6) is 1.71. The van der Waals surface area contributed by atoms with Gasteiger partial charge in [0.15, 0.2) is 0 Å². The molecule has 0 bridgehead atoms. The predicted molar refractivity (Wildman–Crippen MR) is 71.4 cm³/mol. The second-order valence-corrected chi connectivity index (χ2v) is 5.88.